The van der Waals surface area contributed by atoms with E-state index in [1.54, 1.807) is 53.8 Å². The van der Waals surface area contributed by atoms with Crippen molar-refractivity contribution in [2.45, 2.75) is 88.8 Å². The molecule has 0 spiro atoms. The van der Waals surface area contributed by atoms with Gasteiger partial charge >= 0.3 is 18.4 Å². The molecule has 4 bridgehead atoms. The van der Waals surface area contributed by atoms with Crippen LogP contribution in [0.15, 0.2) is 97.6 Å². The van der Waals surface area contributed by atoms with Gasteiger partial charge in [-0.1, -0.05) is 24.3 Å². The van der Waals surface area contributed by atoms with Crippen molar-refractivity contribution < 1.29 is 59.6 Å². The first-order valence-corrected chi connectivity index (χ1v) is 25.1. The number of carbonyl (C=O) groups is 1. The van der Waals surface area contributed by atoms with Crippen molar-refractivity contribution in [1.82, 2.24) is 29.9 Å². The summed E-state index contributed by atoms with van der Waals surface area (Å²) < 4.78 is 112. The summed E-state index contributed by atoms with van der Waals surface area (Å²) in [6, 6.07) is 16.5. The van der Waals surface area contributed by atoms with Gasteiger partial charge in [0, 0.05) is 55.5 Å². The summed E-state index contributed by atoms with van der Waals surface area (Å²) in [6.45, 7) is 12.3. The average molecular weight is 1090 g/mol. The first kappa shape index (κ1) is 53.8. The summed E-state index contributed by atoms with van der Waals surface area (Å²) in [6.07, 6.45) is -1.06. The molecule has 4 saturated heterocycles. The van der Waals surface area contributed by atoms with E-state index in [2.05, 4.69) is 50.3 Å². The number of nitrogens with zero attached hydrogens (tertiary/aromatic N) is 9. The number of hydrogen-bond donors (Lipinski definition) is 3. The highest BCUT2D eigenvalue weighted by Crippen LogP contribution is 2.41. The van der Waals surface area contributed by atoms with Gasteiger partial charge in [-0.2, -0.15) is 26.3 Å². The standard InChI is InChI=1S/C27H27F3N6O4.C15H13F3N4.C11H16N2O3/c1-26(2)39-15-20(40-26)14-38-22-7-6-18(11-31-22)33-25(37)36-19-8-9-35(13-19)21-12-32-23(34-24(21)36)16-4-3-5-17(10-16)27(28,29)30;16-15(17,18)10-3-1-2-9(6-10)13-19-7-12-14(21-13)20-11-4-5-22(12)8-11;1-11(2)15-7-9(16-11)6-14-10-4-3-8(12)5-13-10/h3-7,10-12,19-20H,8-9,13-15H2,1-2H3,(H,33,37);1-3,6-7,11H,4-5,8H2,(H,19,20,21);3-5,9H,6-7,12H2,1-2H3/t19-,20+;11-;9-/m001/s1. The monoisotopic (exact) mass is 1090 g/mol. The van der Waals surface area contributed by atoms with Crippen molar-refractivity contribution in [2.24, 2.45) is 0 Å². The van der Waals surface area contributed by atoms with Gasteiger partial charge in [0.15, 0.2) is 34.9 Å². The molecule has 0 radical (unpaired) electrons. The minimum Gasteiger partial charge on any atom is -0.475 e. The number of hydrogen-bond acceptors (Lipinski definition) is 17. The molecule has 10 heterocycles. The Morgan fingerprint density at radius 2 is 1.27 bits per heavy atom. The Labute approximate surface area is 444 Å². The molecule has 6 aliphatic heterocycles. The molecule has 4 atom stereocenters. The maximum atomic E-state index is 13.5. The summed E-state index contributed by atoms with van der Waals surface area (Å²) in [4.78, 5) is 45.2. The fourth-order valence-electron chi connectivity index (χ4n) is 9.57. The third kappa shape index (κ3) is 12.7. The van der Waals surface area contributed by atoms with Gasteiger partial charge in [-0.05, 0) is 76.9 Å². The second-order valence-electron chi connectivity index (χ2n) is 20.1. The molecule has 12 rings (SSSR count). The third-order valence-corrected chi connectivity index (χ3v) is 13.3. The van der Waals surface area contributed by atoms with E-state index in [1.165, 1.54) is 24.4 Å². The van der Waals surface area contributed by atoms with Crippen molar-refractivity contribution in [3.05, 3.63) is 109 Å². The summed E-state index contributed by atoms with van der Waals surface area (Å²) in [7, 11) is 0. The van der Waals surface area contributed by atoms with E-state index in [4.69, 9.17) is 34.2 Å². The van der Waals surface area contributed by atoms with E-state index >= 15 is 0 Å². The molecule has 6 aromatic rings. The topological polar surface area (TPSA) is 210 Å². The number of aromatic nitrogens is 6. The predicted molar refractivity (Wildman–Crippen MR) is 275 cm³/mol. The minimum absolute atomic E-state index is 0.0469. The van der Waals surface area contributed by atoms with Crippen molar-refractivity contribution in [1.29, 1.82) is 0 Å². The lowest BCUT2D eigenvalue weighted by Crippen LogP contribution is -2.48. The smallest absolute Gasteiger partial charge is 0.416 e. The van der Waals surface area contributed by atoms with Crippen LogP contribution in [0, 0.1) is 0 Å². The van der Waals surface area contributed by atoms with Gasteiger partial charge in [-0.15, -0.1) is 0 Å². The van der Waals surface area contributed by atoms with Crippen molar-refractivity contribution in [3.8, 4) is 34.5 Å². The van der Waals surface area contributed by atoms with E-state index < -0.39 is 41.1 Å². The molecule has 4 aromatic heterocycles. The van der Waals surface area contributed by atoms with Crippen molar-refractivity contribution in [2.75, 3.05) is 83.7 Å². The fourth-order valence-corrected chi connectivity index (χ4v) is 9.57. The van der Waals surface area contributed by atoms with E-state index in [9.17, 15) is 31.1 Å². The van der Waals surface area contributed by atoms with Crippen LogP contribution in [0.3, 0.4) is 0 Å². The molecule has 2 amide bonds. The summed E-state index contributed by atoms with van der Waals surface area (Å²) in [5.41, 5.74) is 7.26. The van der Waals surface area contributed by atoms with Crippen LogP contribution in [0.1, 0.15) is 51.7 Å². The highest BCUT2D eigenvalue weighted by atomic mass is 19.4. The van der Waals surface area contributed by atoms with Gasteiger partial charge in [0.25, 0.3) is 0 Å². The Kier molecular flexibility index (Phi) is 14.9. The SMILES string of the molecule is CC1(C)OC[C@@H](COc2ccc(N)cn2)O1.CC1(C)OC[C@@H](COc2ccc(NC(=O)N3c4nc(-c5cccc(C(F)(F)F)c5)ncc4N4CC[C@H]3C4)cn2)O1.FC(F)(F)c1cccc(-c2ncc3c(n2)N[C@H]2CCN3C2)c1. The quantitative estimate of drug-likeness (QED) is 0.115. The molecular formula is C53H56F6N12O7. The number of halogens is 6. The molecule has 25 heteroatoms. The Morgan fingerprint density at radius 3 is 1.82 bits per heavy atom. The van der Waals surface area contributed by atoms with Crippen LogP contribution in [0.5, 0.6) is 11.8 Å². The number of nitrogens with one attached hydrogen (secondary N) is 2. The molecule has 4 N–H and O–H groups in total. The molecule has 0 saturated carbocycles. The molecule has 6 aliphatic rings. The summed E-state index contributed by atoms with van der Waals surface area (Å²) in [5, 5.41) is 6.18. The zero-order valence-electron chi connectivity index (χ0n) is 42.8. The second-order valence-corrected chi connectivity index (χ2v) is 20.1. The van der Waals surface area contributed by atoms with Gasteiger partial charge < -0.3 is 54.6 Å². The van der Waals surface area contributed by atoms with Crippen LogP contribution in [0.2, 0.25) is 0 Å². The molecule has 0 unspecified atom stereocenters. The summed E-state index contributed by atoms with van der Waals surface area (Å²) in [5.74, 6) is 1.23. The van der Waals surface area contributed by atoms with Gasteiger partial charge in [-0.25, -0.2) is 34.7 Å². The average Bonchev–Trinajstić information content (AvgIpc) is 4.37. The minimum atomic E-state index is -4.49. The van der Waals surface area contributed by atoms with Crippen LogP contribution in [-0.4, -0.2) is 124 Å². The number of rotatable bonds is 9. The molecule has 0 aliphatic carbocycles. The highest BCUT2D eigenvalue weighted by molar-refractivity contribution is 6.04. The van der Waals surface area contributed by atoms with Crippen LogP contribution in [0.4, 0.5) is 65.5 Å². The Morgan fingerprint density at radius 1 is 0.705 bits per heavy atom. The number of anilines is 6. The number of carbonyl (C=O) groups excluding carboxylic acids is 1. The van der Waals surface area contributed by atoms with Crippen LogP contribution >= 0.6 is 0 Å². The number of ether oxygens (including phenoxy) is 6. The van der Waals surface area contributed by atoms with E-state index in [1.807, 2.05) is 27.7 Å². The zero-order valence-corrected chi connectivity index (χ0v) is 42.8. The molecule has 19 nitrogen and oxygen atoms in total. The lowest BCUT2D eigenvalue weighted by atomic mass is 10.1. The van der Waals surface area contributed by atoms with Crippen LogP contribution in [0.25, 0.3) is 22.8 Å². The van der Waals surface area contributed by atoms with E-state index in [-0.39, 0.29) is 36.2 Å². The largest absolute Gasteiger partial charge is 0.475 e. The Balaban J connectivity index is 0.000000151. The highest BCUT2D eigenvalue weighted by Gasteiger charge is 2.42. The lowest BCUT2D eigenvalue weighted by molar-refractivity contribution is -0.142. The molecule has 78 heavy (non-hydrogen) atoms. The number of alkyl halides is 6. The zero-order chi connectivity index (χ0) is 55.0. The Hall–Kier alpha value is -7.61. The number of pyridine rings is 2. The second kappa shape index (κ2) is 21.7. The number of nitrogen functional groups attached to an aromatic ring is 1. The Bertz CT molecular complexity index is 3100. The molecular weight excluding hydrogens is 1030 g/mol. The number of urea groups is 1. The van der Waals surface area contributed by atoms with Gasteiger partial charge in [0.05, 0.1) is 77.9 Å². The number of benzene rings is 2. The van der Waals surface area contributed by atoms with Gasteiger partial charge in [0.1, 0.15) is 25.4 Å². The predicted octanol–water partition coefficient (Wildman–Crippen LogP) is 9.08. The number of nitrogens with two attached hydrogens (primary N) is 1. The first-order valence-electron chi connectivity index (χ1n) is 25.1. The summed E-state index contributed by atoms with van der Waals surface area (Å²) >= 11 is 0. The maximum Gasteiger partial charge on any atom is 0.416 e. The van der Waals surface area contributed by atoms with Crippen LogP contribution in [-0.2, 0) is 31.3 Å². The number of amides is 2. The third-order valence-electron chi connectivity index (χ3n) is 13.3. The lowest BCUT2D eigenvalue weighted by Gasteiger charge is -2.35. The van der Waals surface area contributed by atoms with Crippen LogP contribution < -0.4 is 40.5 Å². The maximum absolute atomic E-state index is 13.5. The van der Waals surface area contributed by atoms with E-state index in [0.717, 1.165) is 55.9 Å². The molecule has 412 valence electrons. The van der Waals surface area contributed by atoms with Gasteiger partial charge in [0.2, 0.25) is 11.8 Å². The van der Waals surface area contributed by atoms with Crippen molar-refractivity contribution in [3.63, 3.8) is 0 Å². The first-order chi connectivity index (χ1) is 37.1. The normalized spacial score (nSPS) is 21.3. The fraction of sp³-hybridized carbons (Fsp3) is 0.415. The number of fused-ring (bicyclic) bond motifs is 8. The molecule has 4 fully saturated rings. The van der Waals surface area contributed by atoms with E-state index in [0.29, 0.717) is 90.8 Å². The molecule has 2 aromatic carbocycles. The van der Waals surface area contributed by atoms with Crippen molar-refractivity contribution >= 4 is 40.4 Å². The van der Waals surface area contributed by atoms with Gasteiger partial charge in [-0.3, -0.25) is 4.90 Å².